The zero-order valence-corrected chi connectivity index (χ0v) is 14.8. The zero-order valence-electron chi connectivity index (χ0n) is 12.3. The number of rotatable bonds is 6. The molecule has 0 aromatic carbocycles. The van der Waals surface area contributed by atoms with Crippen molar-refractivity contribution in [2.45, 2.75) is 56.9 Å². The summed E-state index contributed by atoms with van der Waals surface area (Å²) in [5.41, 5.74) is 0.837. The van der Waals surface area contributed by atoms with E-state index in [4.69, 9.17) is 0 Å². The van der Waals surface area contributed by atoms with Gasteiger partial charge in [-0.25, -0.2) is 4.68 Å². The van der Waals surface area contributed by atoms with Crippen LogP contribution in [0.4, 0.5) is 5.69 Å². The van der Waals surface area contributed by atoms with Crippen LogP contribution in [0.5, 0.6) is 0 Å². The number of anilines is 1. The molecular weight excluding hydrogens is 350 g/mol. The highest BCUT2D eigenvalue weighted by Crippen LogP contribution is 2.33. The topological polar surface area (TPSA) is 46.9 Å². The fourth-order valence-electron chi connectivity index (χ4n) is 2.92. The standard InChI is InChI=1S/C15H22BrN3OS/c1-2-21-12-6-5-11(7-12)18-13-8-17-19(9-10-3-4-10)15(20)14(13)16/h8,10-12,18H,2-7,9H2,1H3. The van der Waals surface area contributed by atoms with Gasteiger partial charge in [0.1, 0.15) is 4.47 Å². The Hall–Kier alpha value is -0.490. The van der Waals surface area contributed by atoms with Crippen molar-refractivity contribution in [1.82, 2.24) is 9.78 Å². The number of thioether (sulfide) groups is 1. The molecule has 2 atom stereocenters. The average Bonchev–Trinajstić information content (AvgIpc) is 3.18. The Bertz CT molecular complexity index is 558. The van der Waals surface area contributed by atoms with Crippen LogP contribution in [0.1, 0.15) is 39.0 Å². The van der Waals surface area contributed by atoms with E-state index in [0.717, 1.165) is 17.5 Å². The number of nitrogens with zero attached hydrogens (tertiary/aromatic N) is 2. The second-order valence-corrected chi connectivity index (χ2v) is 8.40. The SMILES string of the molecule is CCSC1CCC(Nc2cnn(CC3CC3)c(=O)c2Br)C1. The molecule has 1 aromatic heterocycles. The van der Waals surface area contributed by atoms with Crippen molar-refractivity contribution < 1.29 is 0 Å². The minimum atomic E-state index is -0.00983. The Kier molecular flexibility index (Phi) is 4.94. The largest absolute Gasteiger partial charge is 0.380 e. The summed E-state index contributed by atoms with van der Waals surface area (Å²) in [5.74, 6) is 1.84. The van der Waals surface area contributed by atoms with Crippen molar-refractivity contribution in [3.8, 4) is 0 Å². The summed E-state index contributed by atoms with van der Waals surface area (Å²) in [7, 11) is 0. The first kappa shape index (κ1) is 15.4. The average molecular weight is 372 g/mol. The van der Waals surface area contributed by atoms with Crippen LogP contribution < -0.4 is 10.9 Å². The maximum atomic E-state index is 12.3. The normalized spacial score (nSPS) is 25.2. The third-order valence-corrected chi connectivity index (χ3v) is 6.26. The first-order valence-electron chi connectivity index (χ1n) is 7.81. The van der Waals surface area contributed by atoms with Crippen LogP contribution in [0.2, 0.25) is 0 Å². The molecule has 6 heteroatoms. The van der Waals surface area contributed by atoms with Gasteiger partial charge in [-0.3, -0.25) is 4.79 Å². The Balaban J connectivity index is 1.65. The van der Waals surface area contributed by atoms with Gasteiger partial charge in [0.15, 0.2) is 0 Å². The van der Waals surface area contributed by atoms with Crippen molar-refractivity contribution in [3.05, 3.63) is 21.0 Å². The lowest BCUT2D eigenvalue weighted by atomic mass is 10.2. The molecule has 0 radical (unpaired) electrons. The molecule has 0 bridgehead atoms. The van der Waals surface area contributed by atoms with E-state index in [0.29, 0.717) is 16.4 Å². The monoisotopic (exact) mass is 371 g/mol. The van der Waals surface area contributed by atoms with Crippen LogP contribution in [0, 0.1) is 5.92 Å². The van der Waals surface area contributed by atoms with E-state index in [-0.39, 0.29) is 5.56 Å². The Morgan fingerprint density at radius 1 is 1.43 bits per heavy atom. The quantitative estimate of drug-likeness (QED) is 0.830. The Morgan fingerprint density at radius 2 is 2.24 bits per heavy atom. The minimum Gasteiger partial charge on any atom is -0.380 e. The molecule has 2 aliphatic carbocycles. The number of hydrogen-bond acceptors (Lipinski definition) is 4. The second-order valence-electron chi connectivity index (χ2n) is 6.03. The highest BCUT2D eigenvalue weighted by Gasteiger charge is 2.26. The molecule has 3 rings (SSSR count). The lowest BCUT2D eigenvalue weighted by Gasteiger charge is -2.16. The van der Waals surface area contributed by atoms with Crippen molar-refractivity contribution in [2.75, 3.05) is 11.1 Å². The van der Waals surface area contributed by atoms with E-state index in [9.17, 15) is 4.79 Å². The van der Waals surface area contributed by atoms with Gasteiger partial charge < -0.3 is 5.32 Å². The number of hydrogen-bond donors (Lipinski definition) is 1. The van der Waals surface area contributed by atoms with Crippen LogP contribution in [0.25, 0.3) is 0 Å². The molecule has 0 saturated heterocycles. The van der Waals surface area contributed by atoms with E-state index >= 15 is 0 Å². The van der Waals surface area contributed by atoms with Crippen molar-refractivity contribution in [1.29, 1.82) is 0 Å². The van der Waals surface area contributed by atoms with Gasteiger partial charge in [0.05, 0.1) is 11.9 Å². The first-order chi connectivity index (χ1) is 10.2. The maximum Gasteiger partial charge on any atom is 0.283 e. The predicted molar refractivity (Wildman–Crippen MR) is 92.1 cm³/mol. The van der Waals surface area contributed by atoms with E-state index in [1.54, 1.807) is 10.9 Å². The van der Waals surface area contributed by atoms with E-state index in [2.05, 4.69) is 33.3 Å². The molecule has 0 spiro atoms. The summed E-state index contributed by atoms with van der Waals surface area (Å²) in [6, 6.07) is 0.464. The van der Waals surface area contributed by atoms with Gasteiger partial charge in [0, 0.05) is 17.8 Å². The fraction of sp³-hybridized carbons (Fsp3) is 0.733. The minimum absolute atomic E-state index is 0.00983. The van der Waals surface area contributed by atoms with Crippen LogP contribution >= 0.6 is 27.7 Å². The summed E-state index contributed by atoms with van der Waals surface area (Å²) in [4.78, 5) is 12.3. The molecular formula is C15H22BrN3OS. The van der Waals surface area contributed by atoms with Crippen molar-refractivity contribution >= 4 is 33.4 Å². The third kappa shape index (κ3) is 3.83. The second kappa shape index (κ2) is 6.73. The van der Waals surface area contributed by atoms with E-state index in [1.807, 2.05) is 11.8 Å². The zero-order chi connectivity index (χ0) is 14.8. The predicted octanol–water partition coefficient (Wildman–Crippen LogP) is 3.50. The lowest BCUT2D eigenvalue weighted by molar-refractivity contribution is 0.531. The van der Waals surface area contributed by atoms with Gasteiger partial charge in [-0.2, -0.15) is 16.9 Å². The molecule has 116 valence electrons. The molecule has 2 aliphatic rings. The summed E-state index contributed by atoms with van der Waals surface area (Å²) in [6.45, 7) is 2.97. The molecule has 4 nitrogen and oxygen atoms in total. The molecule has 1 aromatic rings. The van der Waals surface area contributed by atoms with Crippen LogP contribution in [-0.2, 0) is 6.54 Å². The Labute approximate surface area is 138 Å². The van der Waals surface area contributed by atoms with Gasteiger partial charge in [-0.15, -0.1) is 0 Å². The molecule has 2 saturated carbocycles. The summed E-state index contributed by atoms with van der Waals surface area (Å²) < 4.78 is 2.22. The lowest BCUT2D eigenvalue weighted by Crippen LogP contribution is -2.27. The van der Waals surface area contributed by atoms with Crippen LogP contribution in [0.15, 0.2) is 15.5 Å². The third-order valence-electron chi connectivity index (χ3n) is 4.26. The number of nitrogens with one attached hydrogen (secondary N) is 1. The van der Waals surface area contributed by atoms with Gasteiger partial charge in [0.25, 0.3) is 5.56 Å². The molecule has 1 heterocycles. The Morgan fingerprint density at radius 3 is 2.95 bits per heavy atom. The van der Waals surface area contributed by atoms with Crippen molar-refractivity contribution in [3.63, 3.8) is 0 Å². The van der Waals surface area contributed by atoms with E-state index in [1.165, 1.54) is 37.9 Å². The summed E-state index contributed by atoms with van der Waals surface area (Å²) in [5, 5.41) is 8.58. The summed E-state index contributed by atoms with van der Waals surface area (Å²) >= 11 is 5.50. The van der Waals surface area contributed by atoms with Gasteiger partial charge >= 0.3 is 0 Å². The highest BCUT2D eigenvalue weighted by atomic mass is 79.9. The number of aromatic nitrogens is 2. The molecule has 1 N–H and O–H groups in total. The van der Waals surface area contributed by atoms with Crippen LogP contribution in [-0.4, -0.2) is 26.8 Å². The first-order valence-corrected chi connectivity index (χ1v) is 9.65. The molecule has 2 fully saturated rings. The molecule has 21 heavy (non-hydrogen) atoms. The van der Waals surface area contributed by atoms with Gasteiger partial charge in [0.2, 0.25) is 0 Å². The molecule has 0 amide bonds. The molecule has 0 aliphatic heterocycles. The highest BCUT2D eigenvalue weighted by molar-refractivity contribution is 9.10. The van der Waals surface area contributed by atoms with E-state index < -0.39 is 0 Å². The van der Waals surface area contributed by atoms with Gasteiger partial charge in [-0.05, 0) is 59.7 Å². The fourth-order valence-corrected chi connectivity index (χ4v) is 4.48. The maximum absolute atomic E-state index is 12.3. The van der Waals surface area contributed by atoms with Crippen LogP contribution in [0.3, 0.4) is 0 Å². The smallest absolute Gasteiger partial charge is 0.283 e. The van der Waals surface area contributed by atoms with Gasteiger partial charge in [-0.1, -0.05) is 6.92 Å². The summed E-state index contributed by atoms with van der Waals surface area (Å²) in [6.07, 6.45) is 7.87. The van der Waals surface area contributed by atoms with Crippen molar-refractivity contribution in [2.24, 2.45) is 5.92 Å². The molecule has 2 unspecified atom stereocenters. The number of halogens is 1.